The molecule has 5 aromatic carbocycles. The molecule has 5 aromatic rings. The van der Waals surface area contributed by atoms with Crippen molar-refractivity contribution >= 4 is 32.9 Å². The van der Waals surface area contributed by atoms with Crippen LogP contribution in [0.15, 0.2) is 109 Å². The molecule has 0 atom stereocenters. The number of hydrogen-bond acceptors (Lipinski definition) is 1. The number of anilines is 2. The van der Waals surface area contributed by atoms with Crippen LogP contribution >= 0.6 is 0 Å². The number of nitrogens with zero attached hydrogens (tertiary/aromatic N) is 1. The van der Waals surface area contributed by atoms with Crippen molar-refractivity contribution in [2.45, 2.75) is 0 Å². The number of fused-ring (bicyclic) bond motifs is 2. The van der Waals surface area contributed by atoms with Gasteiger partial charge in [0.1, 0.15) is 0 Å². The molecule has 0 heterocycles. The third-order valence-electron chi connectivity index (χ3n) is 5.46. The highest BCUT2D eigenvalue weighted by Crippen LogP contribution is 2.33. The van der Waals surface area contributed by atoms with Crippen LogP contribution in [-0.2, 0) is 0 Å². The zero-order chi connectivity index (χ0) is 18.9. The molecule has 28 heavy (non-hydrogen) atoms. The summed E-state index contributed by atoms with van der Waals surface area (Å²) in [5.74, 6) is 0. The van der Waals surface area contributed by atoms with Gasteiger partial charge < -0.3 is 4.90 Å². The van der Waals surface area contributed by atoms with Crippen LogP contribution in [0.4, 0.5) is 11.4 Å². The van der Waals surface area contributed by atoms with Crippen molar-refractivity contribution in [2.75, 3.05) is 11.9 Å². The standard InChI is InChI=1S/C27H21N/c1-28(24-15-14-20-8-5-6-11-22(20)18-24)25-16-17-27-23(19-25)12-7-13-26(27)21-9-3-2-4-10-21/h2-19H,1H3. The van der Waals surface area contributed by atoms with Gasteiger partial charge in [-0.2, -0.15) is 0 Å². The SMILES string of the molecule is CN(c1ccc2ccccc2c1)c1ccc2c(-c3ccccc3)cccc2c1. The quantitative estimate of drug-likeness (QED) is 0.324. The first-order valence-electron chi connectivity index (χ1n) is 9.60. The van der Waals surface area contributed by atoms with Gasteiger partial charge in [0.15, 0.2) is 0 Å². The average molecular weight is 359 g/mol. The van der Waals surface area contributed by atoms with Gasteiger partial charge in [-0.05, 0) is 56.9 Å². The highest BCUT2D eigenvalue weighted by atomic mass is 15.1. The molecule has 0 N–H and O–H groups in total. The first-order valence-corrected chi connectivity index (χ1v) is 9.60. The van der Waals surface area contributed by atoms with E-state index in [1.165, 1.54) is 44.0 Å². The Morgan fingerprint density at radius 2 is 1.14 bits per heavy atom. The molecule has 1 heteroatoms. The predicted octanol–water partition coefficient (Wildman–Crippen LogP) is 7.43. The zero-order valence-electron chi connectivity index (χ0n) is 15.8. The fraction of sp³-hybridized carbons (Fsp3) is 0.0370. The Kier molecular flexibility index (Phi) is 4.06. The van der Waals surface area contributed by atoms with Crippen LogP contribution in [0.1, 0.15) is 0 Å². The van der Waals surface area contributed by atoms with Crippen molar-refractivity contribution in [3.8, 4) is 11.1 Å². The molecule has 0 aliphatic carbocycles. The lowest BCUT2D eigenvalue weighted by Gasteiger charge is -2.21. The molecule has 0 radical (unpaired) electrons. The number of hydrogen-bond donors (Lipinski definition) is 0. The molecular weight excluding hydrogens is 338 g/mol. The second-order valence-electron chi connectivity index (χ2n) is 7.17. The van der Waals surface area contributed by atoms with Crippen LogP contribution in [0, 0.1) is 0 Å². The van der Waals surface area contributed by atoms with Crippen molar-refractivity contribution in [1.82, 2.24) is 0 Å². The molecule has 1 nitrogen and oxygen atoms in total. The van der Waals surface area contributed by atoms with E-state index in [0.29, 0.717) is 0 Å². The second-order valence-corrected chi connectivity index (χ2v) is 7.17. The van der Waals surface area contributed by atoms with Gasteiger partial charge in [-0.3, -0.25) is 0 Å². The van der Waals surface area contributed by atoms with E-state index in [-0.39, 0.29) is 0 Å². The summed E-state index contributed by atoms with van der Waals surface area (Å²) in [4.78, 5) is 2.25. The maximum Gasteiger partial charge on any atom is 0.0414 e. The Morgan fingerprint density at radius 3 is 1.96 bits per heavy atom. The van der Waals surface area contributed by atoms with E-state index in [4.69, 9.17) is 0 Å². The number of rotatable bonds is 3. The van der Waals surface area contributed by atoms with Crippen molar-refractivity contribution in [1.29, 1.82) is 0 Å². The molecular formula is C27H21N. The van der Waals surface area contributed by atoms with Crippen LogP contribution in [0.25, 0.3) is 32.7 Å². The summed E-state index contributed by atoms with van der Waals surface area (Å²) in [6.45, 7) is 0. The Labute approximate surface area is 165 Å². The van der Waals surface area contributed by atoms with E-state index >= 15 is 0 Å². The minimum Gasteiger partial charge on any atom is -0.345 e. The topological polar surface area (TPSA) is 3.24 Å². The molecule has 0 fully saturated rings. The lowest BCUT2D eigenvalue weighted by molar-refractivity contribution is 1.22. The van der Waals surface area contributed by atoms with Gasteiger partial charge in [0.05, 0.1) is 0 Å². The minimum absolute atomic E-state index is 1.19. The van der Waals surface area contributed by atoms with Crippen LogP contribution < -0.4 is 4.90 Å². The van der Waals surface area contributed by atoms with E-state index < -0.39 is 0 Å². The van der Waals surface area contributed by atoms with Crippen LogP contribution in [0.5, 0.6) is 0 Å². The third kappa shape index (κ3) is 2.91. The minimum atomic E-state index is 1.19. The summed E-state index contributed by atoms with van der Waals surface area (Å²) in [6.07, 6.45) is 0. The van der Waals surface area contributed by atoms with Crippen molar-refractivity contribution in [3.05, 3.63) is 109 Å². The fourth-order valence-electron chi connectivity index (χ4n) is 3.88. The molecule has 0 saturated carbocycles. The highest BCUT2D eigenvalue weighted by molar-refractivity contribution is 5.98. The van der Waals surface area contributed by atoms with Crippen molar-refractivity contribution in [3.63, 3.8) is 0 Å². The van der Waals surface area contributed by atoms with Gasteiger partial charge in [0.2, 0.25) is 0 Å². The molecule has 0 aromatic heterocycles. The smallest absolute Gasteiger partial charge is 0.0414 e. The number of benzene rings is 5. The average Bonchev–Trinajstić information content (AvgIpc) is 2.78. The lowest BCUT2D eigenvalue weighted by atomic mass is 9.98. The maximum atomic E-state index is 2.27. The summed E-state index contributed by atoms with van der Waals surface area (Å²) >= 11 is 0. The normalized spacial score (nSPS) is 11.0. The molecule has 5 rings (SSSR count). The third-order valence-corrected chi connectivity index (χ3v) is 5.46. The van der Waals surface area contributed by atoms with Gasteiger partial charge >= 0.3 is 0 Å². The Hall–Kier alpha value is -3.58. The summed E-state index contributed by atoms with van der Waals surface area (Å²) in [5.41, 5.74) is 4.91. The van der Waals surface area contributed by atoms with Crippen LogP contribution in [0.2, 0.25) is 0 Å². The molecule has 0 bridgehead atoms. The zero-order valence-corrected chi connectivity index (χ0v) is 15.8. The molecule has 134 valence electrons. The summed E-state index contributed by atoms with van der Waals surface area (Å²) < 4.78 is 0. The van der Waals surface area contributed by atoms with E-state index in [0.717, 1.165) is 0 Å². The van der Waals surface area contributed by atoms with E-state index in [9.17, 15) is 0 Å². The largest absolute Gasteiger partial charge is 0.345 e. The van der Waals surface area contributed by atoms with E-state index in [2.05, 4.69) is 121 Å². The molecule has 0 unspecified atom stereocenters. The van der Waals surface area contributed by atoms with Gasteiger partial charge in [0.25, 0.3) is 0 Å². The fourth-order valence-corrected chi connectivity index (χ4v) is 3.88. The second kappa shape index (κ2) is 6.86. The first kappa shape index (κ1) is 16.6. The maximum absolute atomic E-state index is 2.27. The predicted molar refractivity (Wildman–Crippen MR) is 121 cm³/mol. The Morgan fingerprint density at radius 1 is 0.500 bits per heavy atom. The molecule has 0 amide bonds. The van der Waals surface area contributed by atoms with Gasteiger partial charge in [-0.25, -0.2) is 0 Å². The van der Waals surface area contributed by atoms with Gasteiger partial charge in [-0.1, -0.05) is 84.9 Å². The molecule has 0 aliphatic rings. The van der Waals surface area contributed by atoms with Crippen molar-refractivity contribution < 1.29 is 0 Å². The van der Waals surface area contributed by atoms with Crippen molar-refractivity contribution in [2.24, 2.45) is 0 Å². The van der Waals surface area contributed by atoms with Gasteiger partial charge in [0, 0.05) is 18.4 Å². The van der Waals surface area contributed by atoms with E-state index in [1.807, 2.05) is 0 Å². The van der Waals surface area contributed by atoms with Gasteiger partial charge in [-0.15, -0.1) is 0 Å². The van der Waals surface area contributed by atoms with Crippen LogP contribution in [-0.4, -0.2) is 7.05 Å². The monoisotopic (exact) mass is 359 g/mol. The first-order chi connectivity index (χ1) is 13.8. The Balaban J connectivity index is 1.57. The van der Waals surface area contributed by atoms with E-state index in [1.54, 1.807) is 0 Å². The van der Waals surface area contributed by atoms with Crippen LogP contribution in [0.3, 0.4) is 0 Å². The molecule has 0 saturated heterocycles. The molecule has 0 aliphatic heterocycles. The summed E-state index contributed by atoms with van der Waals surface area (Å²) in [7, 11) is 2.13. The lowest BCUT2D eigenvalue weighted by Crippen LogP contribution is -2.09. The summed E-state index contributed by atoms with van der Waals surface area (Å²) in [5, 5.41) is 5.07. The molecule has 0 spiro atoms. The summed E-state index contributed by atoms with van der Waals surface area (Å²) in [6, 6.07) is 39.0. The highest BCUT2D eigenvalue weighted by Gasteiger charge is 2.08. The Bertz CT molecular complexity index is 1270.